The van der Waals surface area contributed by atoms with Gasteiger partial charge in [-0.1, -0.05) is 13.8 Å². The van der Waals surface area contributed by atoms with Crippen molar-refractivity contribution >= 4 is 23.5 Å². The maximum atomic E-state index is 12.0. The van der Waals surface area contributed by atoms with Crippen molar-refractivity contribution < 1.29 is 14.3 Å². The summed E-state index contributed by atoms with van der Waals surface area (Å²) < 4.78 is 6.85. The molecule has 0 aliphatic carbocycles. The highest BCUT2D eigenvalue weighted by Gasteiger charge is 2.35. The van der Waals surface area contributed by atoms with E-state index in [2.05, 4.69) is 10.1 Å². The molecule has 116 valence electrons. The molecule has 1 aliphatic heterocycles. The van der Waals surface area contributed by atoms with E-state index in [4.69, 9.17) is 10.5 Å². The third kappa shape index (κ3) is 2.16. The van der Waals surface area contributed by atoms with Crippen molar-refractivity contribution in [2.75, 3.05) is 11.4 Å². The molecule has 2 amide bonds. The van der Waals surface area contributed by atoms with E-state index >= 15 is 0 Å². The Morgan fingerprint density at radius 3 is 2.82 bits per heavy atom. The summed E-state index contributed by atoms with van der Waals surface area (Å²) >= 11 is 0. The van der Waals surface area contributed by atoms with Crippen LogP contribution < -0.4 is 10.6 Å². The molecule has 8 heteroatoms. The second-order valence-electron chi connectivity index (χ2n) is 5.69. The Kier molecular flexibility index (Phi) is 3.23. The number of anilines is 1. The third-order valence-corrected chi connectivity index (χ3v) is 3.76. The SMILES string of the molecule is Cc1cc(N2CC(C(C)C)OC2=O)nc2c(C(N)=O)cnn12. The van der Waals surface area contributed by atoms with Crippen LogP contribution in [0.25, 0.3) is 5.65 Å². The first-order chi connectivity index (χ1) is 10.4. The predicted octanol–water partition coefficient (Wildman–Crippen LogP) is 1.12. The predicted molar refractivity (Wildman–Crippen MR) is 78.7 cm³/mol. The van der Waals surface area contributed by atoms with Crippen LogP contribution in [-0.2, 0) is 4.74 Å². The van der Waals surface area contributed by atoms with Crippen LogP contribution in [0.3, 0.4) is 0 Å². The van der Waals surface area contributed by atoms with Gasteiger partial charge in [-0.05, 0) is 12.8 Å². The minimum atomic E-state index is -0.608. The molecule has 1 atom stereocenters. The van der Waals surface area contributed by atoms with E-state index in [-0.39, 0.29) is 17.6 Å². The first-order valence-electron chi connectivity index (χ1n) is 7.02. The van der Waals surface area contributed by atoms with Crippen LogP contribution in [0.4, 0.5) is 10.6 Å². The maximum Gasteiger partial charge on any atom is 0.415 e. The van der Waals surface area contributed by atoms with Gasteiger partial charge in [0.15, 0.2) is 5.65 Å². The van der Waals surface area contributed by atoms with Crippen LogP contribution in [0, 0.1) is 12.8 Å². The summed E-state index contributed by atoms with van der Waals surface area (Å²) in [5.41, 5.74) is 6.63. The molecule has 0 spiro atoms. The molecule has 2 aromatic rings. The average molecular weight is 303 g/mol. The smallest absolute Gasteiger partial charge is 0.415 e. The number of nitrogens with two attached hydrogens (primary N) is 1. The summed E-state index contributed by atoms with van der Waals surface area (Å²) in [4.78, 5) is 29.3. The van der Waals surface area contributed by atoms with Crippen LogP contribution in [-0.4, -0.2) is 39.2 Å². The molecular weight excluding hydrogens is 286 g/mol. The van der Waals surface area contributed by atoms with Gasteiger partial charge in [0.25, 0.3) is 5.91 Å². The average Bonchev–Trinajstić information content (AvgIpc) is 3.02. The van der Waals surface area contributed by atoms with Crippen molar-refractivity contribution in [2.45, 2.75) is 26.9 Å². The second-order valence-corrected chi connectivity index (χ2v) is 5.69. The van der Waals surface area contributed by atoms with Crippen molar-refractivity contribution in [2.24, 2.45) is 11.7 Å². The van der Waals surface area contributed by atoms with Crippen molar-refractivity contribution in [3.05, 3.63) is 23.5 Å². The summed E-state index contributed by atoms with van der Waals surface area (Å²) in [5.74, 6) is 0.0409. The first kappa shape index (κ1) is 14.3. The highest BCUT2D eigenvalue weighted by molar-refractivity contribution is 5.99. The number of fused-ring (bicyclic) bond motifs is 1. The topological polar surface area (TPSA) is 103 Å². The summed E-state index contributed by atoms with van der Waals surface area (Å²) in [7, 11) is 0. The molecule has 1 unspecified atom stereocenters. The summed E-state index contributed by atoms with van der Waals surface area (Å²) in [6.07, 6.45) is 0.766. The van der Waals surface area contributed by atoms with Gasteiger partial charge in [-0.15, -0.1) is 0 Å². The van der Waals surface area contributed by atoms with Crippen LogP contribution in [0.5, 0.6) is 0 Å². The lowest BCUT2D eigenvalue weighted by molar-refractivity contribution is 0.100. The van der Waals surface area contributed by atoms with E-state index in [9.17, 15) is 9.59 Å². The lowest BCUT2D eigenvalue weighted by atomic mass is 10.1. The van der Waals surface area contributed by atoms with E-state index in [1.807, 2.05) is 20.8 Å². The summed E-state index contributed by atoms with van der Waals surface area (Å²) in [6, 6.07) is 1.73. The molecule has 1 fully saturated rings. The molecule has 3 rings (SSSR count). The van der Waals surface area contributed by atoms with Gasteiger partial charge in [0.05, 0.1) is 12.7 Å². The van der Waals surface area contributed by atoms with Crippen molar-refractivity contribution in [3.8, 4) is 0 Å². The Hall–Kier alpha value is -2.64. The number of carbonyl (C=O) groups is 2. The van der Waals surface area contributed by atoms with Gasteiger partial charge in [0.2, 0.25) is 0 Å². The van der Waals surface area contributed by atoms with Gasteiger partial charge in [-0.3, -0.25) is 9.69 Å². The van der Waals surface area contributed by atoms with E-state index in [1.165, 1.54) is 15.6 Å². The van der Waals surface area contributed by atoms with Gasteiger partial charge in [-0.2, -0.15) is 5.10 Å². The molecule has 0 aromatic carbocycles. The summed E-state index contributed by atoms with van der Waals surface area (Å²) in [5, 5.41) is 4.09. The zero-order chi connectivity index (χ0) is 16.0. The first-order valence-corrected chi connectivity index (χ1v) is 7.02. The monoisotopic (exact) mass is 303 g/mol. The van der Waals surface area contributed by atoms with Crippen molar-refractivity contribution in [3.63, 3.8) is 0 Å². The quantitative estimate of drug-likeness (QED) is 0.915. The molecular formula is C14H17N5O3. The van der Waals surface area contributed by atoms with Crippen LogP contribution in [0.2, 0.25) is 0 Å². The van der Waals surface area contributed by atoms with Crippen LogP contribution >= 0.6 is 0 Å². The number of hydrogen-bond donors (Lipinski definition) is 1. The molecule has 0 radical (unpaired) electrons. The zero-order valence-corrected chi connectivity index (χ0v) is 12.6. The van der Waals surface area contributed by atoms with E-state index < -0.39 is 12.0 Å². The minimum Gasteiger partial charge on any atom is -0.444 e. The minimum absolute atomic E-state index is 0.175. The molecule has 0 saturated carbocycles. The standard InChI is InChI=1S/C14H17N5O3/c1-7(2)10-6-18(14(21)22-10)11-4-8(3)19-13(17-11)9(5-16-19)12(15)20/h4-5,7,10H,6H2,1-3H3,(H2,15,20). The Balaban J connectivity index is 2.06. The molecule has 1 aliphatic rings. The lowest BCUT2D eigenvalue weighted by Gasteiger charge is -2.14. The van der Waals surface area contributed by atoms with Gasteiger partial charge in [-0.25, -0.2) is 14.3 Å². The number of amides is 2. The molecule has 8 nitrogen and oxygen atoms in total. The van der Waals surface area contributed by atoms with E-state index in [0.29, 0.717) is 18.0 Å². The number of nitrogens with zero attached hydrogens (tertiary/aromatic N) is 4. The Morgan fingerprint density at radius 2 is 2.23 bits per heavy atom. The number of aromatic nitrogens is 3. The van der Waals surface area contributed by atoms with Crippen LogP contribution in [0.15, 0.2) is 12.3 Å². The summed E-state index contributed by atoms with van der Waals surface area (Å²) in [6.45, 7) is 6.23. The maximum absolute atomic E-state index is 12.0. The Labute approximate surface area is 126 Å². The van der Waals surface area contributed by atoms with Crippen molar-refractivity contribution in [1.29, 1.82) is 0 Å². The lowest BCUT2D eigenvalue weighted by Crippen LogP contribution is -2.27. The number of rotatable bonds is 3. The number of hydrogen-bond acceptors (Lipinski definition) is 5. The van der Waals surface area contributed by atoms with E-state index in [1.54, 1.807) is 6.07 Å². The highest BCUT2D eigenvalue weighted by Crippen LogP contribution is 2.25. The fourth-order valence-electron chi connectivity index (χ4n) is 2.43. The molecule has 2 aromatic heterocycles. The molecule has 22 heavy (non-hydrogen) atoms. The van der Waals surface area contributed by atoms with Crippen molar-refractivity contribution in [1.82, 2.24) is 14.6 Å². The number of cyclic esters (lactones) is 1. The normalized spacial score (nSPS) is 18.3. The number of carbonyl (C=O) groups excluding carboxylic acids is 2. The highest BCUT2D eigenvalue weighted by atomic mass is 16.6. The van der Waals surface area contributed by atoms with Gasteiger partial charge >= 0.3 is 6.09 Å². The zero-order valence-electron chi connectivity index (χ0n) is 12.6. The Morgan fingerprint density at radius 1 is 1.50 bits per heavy atom. The van der Waals surface area contributed by atoms with Crippen LogP contribution in [0.1, 0.15) is 29.9 Å². The number of primary amides is 1. The molecule has 0 bridgehead atoms. The largest absolute Gasteiger partial charge is 0.444 e. The number of ether oxygens (including phenoxy) is 1. The van der Waals surface area contributed by atoms with Gasteiger partial charge < -0.3 is 10.5 Å². The Bertz CT molecular complexity index is 767. The van der Waals surface area contributed by atoms with E-state index in [0.717, 1.165) is 5.69 Å². The van der Waals surface area contributed by atoms with Gasteiger partial charge in [0, 0.05) is 11.8 Å². The van der Waals surface area contributed by atoms with Gasteiger partial charge in [0.1, 0.15) is 17.5 Å². The third-order valence-electron chi connectivity index (χ3n) is 3.76. The fraction of sp³-hybridized carbons (Fsp3) is 0.429. The molecule has 2 N–H and O–H groups in total. The fourth-order valence-corrected chi connectivity index (χ4v) is 2.43. The molecule has 3 heterocycles. The molecule has 1 saturated heterocycles. The second kappa shape index (κ2) is 4.97. The number of aryl methyl sites for hydroxylation is 1.